The third kappa shape index (κ3) is 2.92. The van der Waals surface area contributed by atoms with Gasteiger partial charge in [-0.3, -0.25) is 10.1 Å². The molecule has 0 amide bonds. The van der Waals surface area contributed by atoms with Crippen LogP contribution in [0.4, 0.5) is 0 Å². The fraction of sp³-hybridized carbons (Fsp3) is 0.909. The van der Waals surface area contributed by atoms with Crippen LogP contribution in [0.3, 0.4) is 0 Å². The minimum atomic E-state index is -0.949. The van der Waals surface area contributed by atoms with Crippen LogP contribution in [0, 0.1) is 5.92 Å². The van der Waals surface area contributed by atoms with Crippen molar-refractivity contribution >= 4 is 5.97 Å². The minimum Gasteiger partial charge on any atom is -0.480 e. The minimum absolute atomic E-state index is 0.226. The maximum atomic E-state index is 11.0. The molecule has 0 radical (unpaired) electrons. The van der Waals surface area contributed by atoms with Crippen molar-refractivity contribution in [2.24, 2.45) is 5.92 Å². The molecule has 1 rings (SSSR count). The number of carbonyl (C=O) groups is 1. The zero-order valence-corrected chi connectivity index (χ0v) is 9.87. The molecule has 1 fully saturated rings. The Hall–Kier alpha value is -0.610. The molecular formula is C11H21NO3. The first kappa shape index (κ1) is 12.5. The Labute approximate surface area is 90.7 Å². The van der Waals surface area contributed by atoms with Crippen molar-refractivity contribution in [2.75, 3.05) is 0 Å². The number of hydrogen-bond acceptors (Lipinski definition) is 3. The Morgan fingerprint density at radius 1 is 1.33 bits per heavy atom. The molecule has 0 bridgehead atoms. The molecular weight excluding hydrogens is 194 g/mol. The lowest BCUT2D eigenvalue weighted by atomic mass is 9.85. The van der Waals surface area contributed by atoms with Crippen molar-refractivity contribution < 1.29 is 15.0 Å². The molecule has 0 aromatic heterocycles. The second-order valence-electron chi connectivity index (χ2n) is 5.48. The Balaban J connectivity index is 2.69. The molecule has 0 saturated heterocycles. The summed E-state index contributed by atoms with van der Waals surface area (Å²) in [6.45, 7) is 7.02. The third-order valence-corrected chi connectivity index (χ3v) is 3.41. The van der Waals surface area contributed by atoms with Gasteiger partial charge in [-0.25, -0.2) is 0 Å². The van der Waals surface area contributed by atoms with Crippen LogP contribution in [0.15, 0.2) is 0 Å². The van der Waals surface area contributed by atoms with Gasteiger partial charge in [-0.05, 0) is 46.5 Å². The van der Waals surface area contributed by atoms with E-state index in [9.17, 15) is 9.90 Å². The largest absolute Gasteiger partial charge is 0.480 e. The second-order valence-corrected chi connectivity index (χ2v) is 5.48. The number of aliphatic carboxylic acids is 1. The van der Waals surface area contributed by atoms with Crippen LogP contribution in [0.2, 0.25) is 0 Å². The lowest BCUT2D eigenvalue weighted by molar-refractivity contribution is -0.141. The summed E-state index contributed by atoms with van der Waals surface area (Å²) in [6.07, 6.45) is 1.93. The molecule has 3 N–H and O–H groups in total. The maximum Gasteiger partial charge on any atom is 0.321 e. The molecule has 4 heteroatoms. The summed E-state index contributed by atoms with van der Waals surface area (Å²) in [4.78, 5) is 11.0. The van der Waals surface area contributed by atoms with E-state index in [0.29, 0.717) is 0 Å². The SMILES string of the molecule is CC(C)(O)C(C)(C)NC(C(=O)O)C1CC1. The van der Waals surface area contributed by atoms with Gasteiger partial charge in [0.05, 0.1) is 5.60 Å². The van der Waals surface area contributed by atoms with Gasteiger partial charge in [0, 0.05) is 5.54 Å². The maximum absolute atomic E-state index is 11.0. The molecule has 1 aliphatic carbocycles. The van der Waals surface area contributed by atoms with Crippen LogP contribution in [0.5, 0.6) is 0 Å². The van der Waals surface area contributed by atoms with Gasteiger partial charge in [-0.15, -0.1) is 0 Å². The van der Waals surface area contributed by atoms with Gasteiger partial charge in [-0.1, -0.05) is 0 Å². The first-order chi connectivity index (χ1) is 6.65. The molecule has 0 aromatic carbocycles. The zero-order chi connectivity index (χ0) is 11.9. The average Bonchev–Trinajstić information content (AvgIpc) is 2.79. The summed E-state index contributed by atoms with van der Waals surface area (Å²) in [7, 11) is 0. The molecule has 0 aliphatic heterocycles. The molecule has 0 heterocycles. The predicted molar refractivity (Wildman–Crippen MR) is 57.7 cm³/mol. The van der Waals surface area contributed by atoms with Crippen molar-refractivity contribution in [1.29, 1.82) is 0 Å². The Morgan fingerprint density at radius 2 is 1.80 bits per heavy atom. The van der Waals surface area contributed by atoms with Gasteiger partial charge >= 0.3 is 5.97 Å². The van der Waals surface area contributed by atoms with E-state index in [4.69, 9.17) is 5.11 Å². The van der Waals surface area contributed by atoms with Gasteiger partial charge in [0.1, 0.15) is 6.04 Å². The van der Waals surface area contributed by atoms with Gasteiger partial charge in [0.15, 0.2) is 0 Å². The quantitative estimate of drug-likeness (QED) is 0.639. The lowest BCUT2D eigenvalue weighted by Crippen LogP contribution is -2.61. The topological polar surface area (TPSA) is 69.6 Å². The Bertz CT molecular complexity index is 251. The van der Waals surface area contributed by atoms with Gasteiger partial charge in [0.25, 0.3) is 0 Å². The lowest BCUT2D eigenvalue weighted by Gasteiger charge is -2.40. The molecule has 4 nitrogen and oxygen atoms in total. The van der Waals surface area contributed by atoms with E-state index in [-0.39, 0.29) is 5.92 Å². The molecule has 1 unspecified atom stereocenters. The molecule has 0 spiro atoms. The Kier molecular flexibility index (Phi) is 3.12. The van der Waals surface area contributed by atoms with Crippen LogP contribution < -0.4 is 5.32 Å². The highest BCUT2D eigenvalue weighted by Gasteiger charge is 2.43. The average molecular weight is 215 g/mol. The summed E-state index contributed by atoms with van der Waals surface area (Å²) in [5.41, 5.74) is -1.56. The molecule has 1 aliphatic rings. The van der Waals surface area contributed by atoms with E-state index in [0.717, 1.165) is 12.8 Å². The predicted octanol–water partition coefficient (Wildman–Crippen LogP) is 0.989. The molecule has 1 atom stereocenters. The first-order valence-electron chi connectivity index (χ1n) is 5.38. The van der Waals surface area contributed by atoms with E-state index in [1.54, 1.807) is 13.8 Å². The number of hydrogen-bond donors (Lipinski definition) is 3. The summed E-state index contributed by atoms with van der Waals surface area (Å²) in [5, 5.41) is 22.0. The summed E-state index contributed by atoms with van der Waals surface area (Å²) < 4.78 is 0. The fourth-order valence-electron chi connectivity index (χ4n) is 1.38. The third-order valence-electron chi connectivity index (χ3n) is 3.41. The number of rotatable bonds is 5. The number of carboxylic acids is 1. The normalized spacial score (nSPS) is 20.1. The van der Waals surface area contributed by atoms with Crippen LogP contribution >= 0.6 is 0 Å². The van der Waals surface area contributed by atoms with Gasteiger partial charge in [0.2, 0.25) is 0 Å². The van der Waals surface area contributed by atoms with Crippen LogP contribution in [0.25, 0.3) is 0 Å². The Morgan fingerprint density at radius 3 is 2.07 bits per heavy atom. The highest BCUT2D eigenvalue weighted by molar-refractivity contribution is 5.74. The van der Waals surface area contributed by atoms with Gasteiger partial charge in [-0.2, -0.15) is 0 Å². The molecule has 88 valence electrons. The summed E-state index contributed by atoms with van der Waals surface area (Å²) in [6, 6.07) is -0.536. The van der Waals surface area contributed by atoms with Crippen LogP contribution in [-0.2, 0) is 4.79 Å². The summed E-state index contributed by atoms with van der Waals surface area (Å²) >= 11 is 0. The summed E-state index contributed by atoms with van der Waals surface area (Å²) in [5.74, 6) is -0.598. The van der Waals surface area contributed by atoms with Crippen molar-refractivity contribution in [2.45, 2.75) is 57.7 Å². The van der Waals surface area contributed by atoms with E-state index in [1.807, 2.05) is 13.8 Å². The van der Waals surface area contributed by atoms with E-state index in [1.165, 1.54) is 0 Å². The second kappa shape index (κ2) is 3.76. The molecule has 15 heavy (non-hydrogen) atoms. The molecule has 0 aromatic rings. The van der Waals surface area contributed by atoms with Crippen molar-refractivity contribution in [3.8, 4) is 0 Å². The highest BCUT2D eigenvalue weighted by Crippen LogP contribution is 2.34. The van der Waals surface area contributed by atoms with Crippen molar-refractivity contribution in [3.05, 3.63) is 0 Å². The monoisotopic (exact) mass is 215 g/mol. The number of nitrogens with one attached hydrogen (secondary N) is 1. The van der Waals surface area contributed by atoms with Gasteiger partial charge < -0.3 is 10.2 Å². The van der Waals surface area contributed by atoms with E-state index >= 15 is 0 Å². The standard InChI is InChI=1S/C11H21NO3/c1-10(2,11(3,4)15)12-8(9(13)14)7-5-6-7/h7-8,12,15H,5-6H2,1-4H3,(H,13,14). The number of carboxylic acid groups (broad SMARTS) is 1. The van der Waals surface area contributed by atoms with Crippen LogP contribution in [-0.4, -0.2) is 33.4 Å². The van der Waals surface area contributed by atoms with Crippen LogP contribution in [0.1, 0.15) is 40.5 Å². The fourth-order valence-corrected chi connectivity index (χ4v) is 1.38. The first-order valence-corrected chi connectivity index (χ1v) is 5.38. The van der Waals surface area contributed by atoms with E-state index < -0.39 is 23.2 Å². The highest BCUT2D eigenvalue weighted by atomic mass is 16.4. The van der Waals surface area contributed by atoms with E-state index in [2.05, 4.69) is 5.32 Å². The van der Waals surface area contributed by atoms with Crippen molar-refractivity contribution in [3.63, 3.8) is 0 Å². The smallest absolute Gasteiger partial charge is 0.321 e. The number of aliphatic hydroxyl groups is 1. The molecule has 1 saturated carbocycles. The zero-order valence-electron chi connectivity index (χ0n) is 9.87. The van der Waals surface area contributed by atoms with Crippen molar-refractivity contribution in [1.82, 2.24) is 5.32 Å².